The molecule has 1 N–H and O–H groups in total. The number of carboxylic acid groups (broad SMARTS) is 1. The molecule has 0 bridgehead atoms. The minimum atomic E-state index is -0.945. The van der Waals surface area contributed by atoms with Gasteiger partial charge in [-0.05, 0) is 42.3 Å². The number of aromatic nitrogens is 2. The Morgan fingerprint density at radius 3 is 2.58 bits per heavy atom. The third-order valence-corrected chi connectivity index (χ3v) is 5.48. The van der Waals surface area contributed by atoms with Crippen LogP contribution in [0.1, 0.15) is 41.5 Å². The number of carboxylic acids is 1. The van der Waals surface area contributed by atoms with Crippen LogP contribution in [0.15, 0.2) is 77.9 Å². The number of hydrogen-bond donors (Lipinski definition) is 1. The maximum Gasteiger partial charge on any atom is 0.335 e. The summed E-state index contributed by atoms with van der Waals surface area (Å²) in [4.78, 5) is 16.1. The van der Waals surface area contributed by atoms with Crippen molar-refractivity contribution in [2.24, 2.45) is 0 Å². The molecule has 5 nitrogen and oxygen atoms in total. The summed E-state index contributed by atoms with van der Waals surface area (Å²) < 4.78 is 7.51. The number of halogens is 1. The lowest BCUT2D eigenvalue weighted by atomic mass is 9.99. The van der Waals surface area contributed by atoms with E-state index in [0.717, 1.165) is 33.7 Å². The predicted octanol–water partition coefficient (Wildman–Crippen LogP) is 6.15. The summed E-state index contributed by atoms with van der Waals surface area (Å²) in [7, 11) is 1.63. The van der Waals surface area contributed by atoms with E-state index >= 15 is 0 Å². The Labute approximate surface area is 186 Å². The Bertz CT molecular complexity index is 1170. The fraction of sp³-hybridized carbons (Fsp3) is 0.200. The summed E-state index contributed by atoms with van der Waals surface area (Å²) in [5.41, 5.74) is 3.97. The number of hydrogen-bond acceptors (Lipinski definition) is 3. The first-order chi connectivity index (χ1) is 14.8. The summed E-state index contributed by atoms with van der Waals surface area (Å²) in [6.45, 7) is 8.19. The number of aromatic carboxylic acids is 1. The fourth-order valence-corrected chi connectivity index (χ4v) is 3.57. The number of methoxy groups -OCH3 is 1. The lowest BCUT2D eigenvalue weighted by molar-refractivity contribution is 0.0697. The Balaban J connectivity index is 2.13. The second-order valence-corrected chi connectivity index (χ2v) is 7.78. The number of allylic oxidation sites excluding steroid dienone is 5. The first-order valence-electron chi connectivity index (χ1n) is 9.87. The Hall–Kier alpha value is -3.31. The van der Waals surface area contributed by atoms with Crippen LogP contribution in [0.5, 0.6) is 5.75 Å². The van der Waals surface area contributed by atoms with E-state index < -0.39 is 5.97 Å². The van der Waals surface area contributed by atoms with Crippen LogP contribution in [0, 0.1) is 0 Å². The maximum atomic E-state index is 11.2. The molecule has 2 aromatic carbocycles. The number of benzene rings is 2. The van der Waals surface area contributed by atoms with Crippen LogP contribution in [-0.2, 0) is 6.54 Å². The van der Waals surface area contributed by atoms with Gasteiger partial charge in [0.05, 0.1) is 30.3 Å². The van der Waals surface area contributed by atoms with Crippen LogP contribution in [0.3, 0.4) is 0 Å². The summed E-state index contributed by atoms with van der Waals surface area (Å²) in [5, 5.41) is 9.88. The maximum absolute atomic E-state index is 11.2. The van der Waals surface area contributed by atoms with Gasteiger partial charge in [-0.15, -0.1) is 0 Å². The Morgan fingerprint density at radius 1 is 1.29 bits per heavy atom. The average Bonchev–Trinajstić information content (AvgIpc) is 3.13. The summed E-state index contributed by atoms with van der Waals surface area (Å²) in [6.07, 6.45) is 5.52. The first-order valence-corrected chi connectivity index (χ1v) is 10.2. The number of nitrogens with zero attached hydrogens (tertiary/aromatic N) is 2. The second kappa shape index (κ2) is 9.67. The second-order valence-electron chi connectivity index (χ2n) is 7.21. The normalized spacial score (nSPS) is 13.3. The quantitative estimate of drug-likeness (QED) is 0.430. The molecule has 0 aliphatic carbocycles. The molecule has 1 atom stereocenters. The van der Waals surface area contributed by atoms with Crippen LogP contribution < -0.4 is 4.74 Å². The van der Waals surface area contributed by atoms with Crippen molar-refractivity contribution in [2.45, 2.75) is 26.3 Å². The van der Waals surface area contributed by atoms with Gasteiger partial charge < -0.3 is 14.4 Å². The van der Waals surface area contributed by atoms with E-state index in [1.54, 1.807) is 25.3 Å². The number of ether oxygens (including phenoxy) is 1. The highest BCUT2D eigenvalue weighted by Crippen LogP contribution is 2.31. The predicted molar refractivity (Wildman–Crippen MR) is 125 cm³/mol. The third-order valence-electron chi connectivity index (χ3n) is 5.23. The molecule has 160 valence electrons. The van der Waals surface area contributed by atoms with E-state index in [1.165, 1.54) is 0 Å². The Morgan fingerprint density at radius 2 is 2.00 bits per heavy atom. The lowest BCUT2D eigenvalue weighted by Gasteiger charge is -2.16. The monoisotopic (exact) mass is 436 g/mol. The van der Waals surface area contributed by atoms with Gasteiger partial charge in [-0.2, -0.15) is 0 Å². The molecule has 0 spiro atoms. The number of imidazole rings is 1. The first kappa shape index (κ1) is 22.4. The highest BCUT2D eigenvalue weighted by atomic mass is 35.5. The summed E-state index contributed by atoms with van der Waals surface area (Å²) >= 11 is 6.38. The van der Waals surface area contributed by atoms with Crippen LogP contribution >= 0.6 is 11.6 Å². The van der Waals surface area contributed by atoms with Gasteiger partial charge in [0.15, 0.2) is 0 Å². The van der Waals surface area contributed by atoms with Crippen molar-refractivity contribution in [2.75, 3.05) is 7.11 Å². The average molecular weight is 437 g/mol. The van der Waals surface area contributed by atoms with Gasteiger partial charge in [-0.1, -0.05) is 55.5 Å². The van der Waals surface area contributed by atoms with Crippen molar-refractivity contribution in [1.82, 2.24) is 9.55 Å². The molecule has 0 amide bonds. The molecule has 3 rings (SSSR count). The van der Waals surface area contributed by atoms with Gasteiger partial charge >= 0.3 is 5.97 Å². The van der Waals surface area contributed by atoms with Crippen LogP contribution in [-0.4, -0.2) is 27.7 Å². The van der Waals surface area contributed by atoms with Crippen molar-refractivity contribution in [3.63, 3.8) is 0 Å². The van der Waals surface area contributed by atoms with Crippen molar-refractivity contribution in [1.29, 1.82) is 0 Å². The zero-order chi connectivity index (χ0) is 22.5. The van der Waals surface area contributed by atoms with E-state index in [2.05, 4.69) is 18.1 Å². The SMILES string of the molecule is C=C/C=C\C(Cn1c(C(C)c2ccc(C(=O)O)cc2)nc2cc(OC)ccc21)=C(/C)Cl. The van der Waals surface area contributed by atoms with Gasteiger partial charge in [0.1, 0.15) is 11.6 Å². The molecule has 1 heterocycles. The highest BCUT2D eigenvalue weighted by Gasteiger charge is 2.20. The minimum Gasteiger partial charge on any atom is -0.497 e. The molecule has 0 saturated carbocycles. The minimum absolute atomic E-state index is 0.0681. The molecular weight excluding hydrogens is 412 g/mol. The molecule has 0 fully saturated rings. The van der Waals surface area contributed by atoms with Gasteiger partial charge in [0.25, 0.3) is 0 Å². The van der Waals surface area contributed by atoms with Crippen LogP contribution in [0.25, 0.3) is 11.0 Å². The summed E-state index contributed by atoms with van der Waals surface area (Å²) in [5.74, 6) is 0.577. The van der Waals surface area contributed by atoms with E-state index in [9.17, 15) is 9.90 Å². The van der Waals surface area contributed by atoms with E-state index in [-0.39, 0.29) is 11.5 Å². The smallest absolute Gasteiger partial charge is 0.335 e. The van der Waals surface area contributed by atoms with Crippen molar-refractivity contribution >= 4 is 28.6 Å². The van der Waals surface area contributed by atoms with Gasteiger partial charge in [-0.3, -0.25) is 0 Å². The fourth-order valence-electron chi connectivity index (χ4n) is 3.45. The molecule has 1 unspecified atom stereocenters. The lowest BCUT2D eigenvalue weighted by Crippen LogP contribution is -2.10. The number of fused-ring (bicyclic) bond motifs is 1. The molecule has 3 aromatic rings. The van der Waals surface area contributed by atoms with Gasteiger partial charge in [0, 0.05) is 17.0 Å². The number of rotatable bonds is 8. The number of carbonyl (C=O) groups is 1. The zero-order valence-electron chi connectivity index (χ0n) is 17.8. The topological polar surface area (TPSA) is 64.4 Å². The molecule has 0 saturated heterocycles. The molecule has 6 heteroatoms. The Kier molecular flexibility index (Phi) is 6.98. The van der Waals surface area contributed by atoms with E-state index in [0.29, 0.717) is 11.6 Å². The van der Waals surface area contributed by atoms with Gasteiger partial charge in [-0.25, -0.2) is 9.78 Å². The van der Waals surface area contributed by atoms with Crippen molar-refractivity contribution in [3.05, 3.63) is 94.8 Å². The van der Waals surface area contributed by atoms with Crippen LogP contribution in [0.2, 0.25) is 0 Å². The largest absolute Gasteiger partial charge is 0.497 e. The van der Waals surface area contributed by atoms with Gasteiger partial charge in [0.2, 0.25) is 0 Å². The molecule has 0 aliphatic heterocycles. The van der Waals surface area contributed by atoms with E-state index in [1.807, 2.05) is 49.4 Å². The van der Waals surface area contributed by atoms with E-state index in [4.69, 9.17) is 21.3 Å². The third kappa shape index (κ3) is 4.89. The standard InChI is InChI=1S/C25H25ClN2O3/c1-5-6-7-20(17(3)26)15-28-23-13-12-21(31-4)14-22(23)27-24(28)16(2)18-8-10-19(11-9-18)25(29)30/h5-14,16H,1,15H2,2-4H3,(H,29,30)/b7-6-,20-17-. The van der Waals surface area contributed by atoms with Crippen molar-refractivity contribution < 1.29 is 14.6 Å². The zero-order valence-corrected chi connectivity index (χ0v) is 18.6. The molecule has 0 radical (unpaired) electrons. The molecule has 0 aliphatic rings. The molecule has 31 heavy (non-hydrogen) atoms. The summed E-state index contributed by atoms with van der Waals surface area (Å²) in [6, 6.07) is 12.7. The highest BCUT2D eigenvalue weighted by molar-refractivity contribution is 6.29. The molecular formula is C25H25ClN2O3. The molecule has 1 aromatic heterocycles. The van der Waals surface area contributed by atoms with Crippen molar-refractivity contribution in [3.8, 4) is 5.75 Å². The van der Waals surface area contributed by atoms with Crippen LogP contribution in [0.4, 0.5) is 0 Å².